The molecule has 0 unspecified atom stereocenters. The van der Waals surface area contributed by atoms with Gasteiger partial charge < -0.3 is 5.32 Å². The summed E-state index contributed by atoms with van der Waals surface area (Å²) in [6, 6.07) is 19.1. The third-order valence-corrected chi connectivity index (χ3v) is 3.73. The van der Waals surface area contributed by atoms with E-state index < -0.39 is 0 Å². The maximum atomic E-state index is 4.47. The lowest BCUT2D eigenvalue weighted by Gasteiger charge is -2.09. The van der Waals surface area contributed by atoms with Crippen molar-refractivity contribution >= 4 is 16.6 Å². The first-order valence-electron chi connectivity index (χ1n) is 7.40. The van der Waals surface area contributed by atoms with Crippen molar-refractivity contribution in [2.75, 3.05) is 5.32 Å². The van der Waals surface area contributed by atoms with Crippen molar-refractivity contribution < 1.29 is 0 Å². The molecule has 0 saturated carbocycles. The summed E-state index contributed by atoms with van der Waals surface area (Å²) in [5.41, 5.74) is 4.75. The molecule has 0 aliphatic rings. The van der Waals surface area contributed by atoms with Crippen LogP contribution in [0.1, 0.15) is 30.9 Å². The van der Waals surface area contributed by atoms with E-state index in [1.807, 2.05) is 24.4 Å². The van der Waals surface area contributed by atoms with Gasteiger partial charge in [-0.1, -0.05) is 56.3 Å². The number of nitrogens with one attached hydrogen (secondary N) is 1. The molecular formula is C19H20N2. The van der Waals surface area contributed by atoms with Gasteiger partial charge in [0.2, 0.25) is 0 Å². The minimum Gasteiger partial charge on any atom is -0.380 e. The fourth-order valence-corrected chi connectivity index (χ4v) is 2.39. The summed E-state index contributed by atoms with van der Waals surface area (Å²) in [6.07, 6.45) is 1.89. The number of para-hydroxylation sites is 1. The normalized spacial score (nSPS) is 11.0. The standard InChI is InChI=1S/C19H20N2/c1-14(2)16-9-7-15(8-10-16)12-20-18-11-17-5-3-4-6-19(17)21-13-18/h3-11,13-14,20H,12H2,1-2H3. The molecule has 0 aliphatic heterocycles. The first kappa shape index (κ1) is 13.6. The fourth-order valence-electron chi connectivity index (χ4n) is 2.39. The predicted molar refractivity (Wildman–Crippen MR) is 89.6 cm³/mol. The summed E-state index contributed by atoms with van der Waals surface area (Å²) in [4.78, 5) is 4.47. The molecule has 3 aromatic rings. The number of nitrogens with zero attached hydrogens (tertiary/aromatic N) is 1. The summed E-state index contributed by atoms with van der Waals surface area (Å²) >= 11 is 0. The van der Waals surface area contributed by atoms with Gasteiger partial charge in [0.25, 0.3) is 0 Å². The van der Waals surface area contributed by atoms with Crippen LogP contribution in [0.2, 0.25) is 0 Å². The molecule has 106 valence electrons. The molecule has 2 aromatic carbocycles. The molecule has 1 heterocycles. The molecule has 21 heavy (non-hydrogen) atoms. The molecule has 0 saturated heterocycles. The minimum atomic E-state index is 0.580. The average Bonchev–Trinajstić information content (AvgIpc) is 2.53. The maximum Gasteiger partial charge on any atom is 0.0703 e. The van der Waals surface area contributed by atoms with Crippen LogP contribution >= 0.6 is 0 Å². The summed E-state index contributed by atoms with van der Waals surface area (Å²) in [5.74, 6) is 0.580. The zero-order valence-corrected chi connectivity index (χ0v) is 12.5. The minimum absolute atomic E-state index is 0.580. The van der Waals surface area contributed by atoms with Crippen LogP contribution in [0.4, 0.5) is 5.69 Å². The van der Waals surface area contributed by atoms with Gasteiger partial charge in [-0.25, -0.2) is 0 Å². The molecule has 0 aliphatic carbocycles. The van der Waals surface area contributed by atoms with Crippen LogP contribution in [0.15, 0.2) is 60.8 Å². The molecule has 0 amide bonds. The fraction of sp³-hybridized carbons (Fsp3) is 0.211. The number of hydrogen-bond acceptors (Lipinski definition) is 2. The van der Waals surface area contributed by atoms with Crippen LogP contribution < -0.4 is 5.32 Å². The predicted octanol–water partition coefficient (Wildman–Crippen LogP) is 4.97. The van der Waals surface area contributed by atoms with Gasteiger partial charge in [-0.2, -0.15) is 0 Å². The maximum absolute atomic E-state index is 4.47. The Morgan fingerprint density at radius 1 is 1.00 bits per heavy atom. The highest BCUT2D eigenvalue weighted by atomic mass is 14.9. The van der Waals surface area contributed by atoms with Crippen LogP contribution in [0.5, 0.6) is 0 Å². The molecule has 1 aromatic heterocycles. The van der Waals surface area contributed by atoms with Crippen molar-refractivity contribution in [3.63, 3.8) is 0 Å². The van der Waals surface area contributed by atoms with Gasteiger partial charge in [0.05, 0.1) is 17.4 Å². The second-order valence-electron chi connectivity index (χ2n) is 5.67. The van der Waals surface area contributed by atoms with Crippen LogP contribution in [0, 0.1) is 0 Å². The van der Waals surface area contributed by atoms with Crippen LogP contribution in [-0.2, 0) is 6.54 Å². The van der Waals surface area contributed by atoms with Gasteiger partial charge in [0.15, 0.2) is 0 Å². The van der Waals surface area contributed by atoms with Crippen molar-refractivity contribution in [2.45, 2.75) is 26.3 Å². The van der Waals surface area contributed by atoms with Gasteiger partial charge in [0.1, 0.15) is 0 Å². The first-order valence-corrected chi connectivity index (χ1v) is 7.40. The number of rotatable bonds is 4. The smallest absolute Gasteiger partial charge is 0.0703 e. The molecule has 1 N–H and O–H groups in total. The molecule has 3 rings (SSSR count). The Balaban J connectivity index is 1.71. The van der Waals surface area contributed by atoms with Gasteiger partial charge in [-0.05, 0) is 29.2 Å². The highest BCUT2D eigenvalue weighted by Gasteiger charge is 2.00. The molecule has 0 radical (unpaired) electrons. The number of aromatic nitrogens is 1. The third-order valence-electron chi connectivity index (χ3n) is 3.73. The van der Waals surface area contributed by atoms with Crippen molar-refractivity contribution in [1.29, 1.82) is 0 Å². The second-order valence-corrected chi connectivity index (χ2v) is 5.67. The lowest BCUT2D eigenvalue weighted by atomic mass is 10.0. The van der Waals surface area contributed by atoms with E-state index >= 15 is 0 Å². The molecule has 0 bridgehead atoms. The summed E-state index contributed by atoms with van der Waals surface area (Å²) in [6.45, 7) is 5.25. The Morgan fingerprint density at radius 2 is 1.76 bits per heavy atom. The number of pyridine rings is 1. The van der Waals surface area contributed by atoms with E-state index in [0.29, 0.717) is 5.92 Å². The summed E-state index contributed by atoms with van der Waals surface area (Å²) in [7, 11) is 0. The molecule has 2 nitrogen and oxygen atoms in total. The van der Waals surface area contributed by atoms with Gasteiger partial charge in [0, 0.05) is 11.9 Å². The largest absolute Gasteiger partial charge is 0.380 e. The Kier molecular flexibility index (Phi) is 3.87. The third kappa shape index (κ3) is 3.22. The summed E-state index contributed by atoms with van der Waals surface area (Å²) < 4.78 is 0. The van der Waals surface area contributed by atoms with Crippen LogP contribution in [0.25, 0.3) is 10.9 Å². The van der Waals surface area contributed by atoms with E-state index in [-0.39, 0.29) is 0 Å². The molecule has 0 spiro atoms. The lowest BCUT2D eigenvalue weighted by molar-refractivity contribution is 0.865. The topological polar surface area (TPSA) is 24.9 Å². The van der Waals surface area contributed by atoms with Gasteiger partial charge in [-0.3, -0.25) is 4.98 Å². The Labute approximate surface area is 125 Å². The number of hydrogen-bond donors (Lipinski definition) is 1. The van der Waals surface area contributed by atoms with Crippen molar-refractivity contribution in [3.05, 3.63) is 71.9 Å². The van der Waals surface area contributed by atoms with Crippen molar-refractivity contribution in [2.24, 2.45) is 0 Å². The second kappa shape index (κ2) is 5.96. The Hall–Kier alpha value is -2.35. The van der Waals surface area contributed by atoms with E-state index in [4.69, 9.17) is 0 Å². The highest BCUT2D eigenvalue weighted by molar-refractivity contribution is 5.81. The Bertz CT molecular complexity index is 730. The van der Waals surface area contributed by atoms with E-state index in [2.05, 4.69) is 60.5 Å². The van der Waals surface area contributed by atoms with Crippen molar-refractivity contribution in [1.82, 2.24) is 4.98 Å². The quantitative estimate of drug-likeness (QED) is 0.727. The first-order chi connectivity index (χ1) is 10.2. The monoisotopic (exact) mass is 276 g/mol. The van der Waals surface area contributed by atoms with Crippen molar-refractivity contribution in [3.8, 4) is 0 Å². The number of benzene rings is 2. The summed E-state index contributed by atoms with van der Waals surface area (Å²) in [5, 5.41) is 4.60. The van der Waals surface area contributed by atoms with E-state index in [0.717, 1.165) is 23.1 Å². The number of anilines is 1. The zero-order valence-electron chi connectivity index (χ0n) is 12.5. The zero-order chi connectivity index (χ0) is 14.7. The van der Waals surface area contributed by atoms with Crippen LogP contribution in [0.3, 0.4) is 0 Å². The highest BCUT2D eigenvalue weighted by Crippen LogP contribution is 2.18. The molecule has 2 heteroatoms. The Morgan fingerprint density at radius 3 is 2.52 bits per heavy atom. The molecule has 0 fully saturated rings. The number of fused-ring (bicyclic) bond motifs is 1. The molecule has 0 atom stereocenters. The van der Waals surface area contributed by atoms with E-state index in [9.17, 15) is 0 Å². The van der Waals surface area contributed by atoms with Gasteiger partial charge in [-0.15, -0.1) is 0 Å². The van der Waals surface area contributed by atoms with E-state index in [1.54, 1.807) is 0 Å². The SMILES string of the molecule is CC(C)c1ccc(CNc2cnc3ccccc3c2)cc1. The van der Waals surface area contributed by atoms with Gasteiger partial charge >= 0.3 is 0 Å². The average molecular weight is 276 g/mol. The van der Waals surface area contributed by atoms with E-state index in [1.165, 1.54) is 11.1 Å². The lowest BCUT2D eigenvalue weighted by Crippen LogP contribution is -2.00. The molecular weight excluding hydrogens is 256 g/mol. The van der Waals surface area contributed by atoms with Crippen LogP contribution in [-0.4, -0.2) is 4.98 Å².